The molecule has 0 spiro atoms. The van der Waals surface area contributed by atoms with Crippen LogP contribution in [0.3, 0.4) is 0 Å². The summed E-state index contributed by atoms with van der Waals surface area (Å²) < 4.78 is 0. The van der Waals surface area contributed by atoms with Crippen molar-refractivity contribution in [2.45, 2.75) is 19.4 Å². The molecule has 1 saturated heterocycles. The van der Waals surface area contributed by atoms with Gasteiger partial charge in [0.25, 0.3) is 11.8 Å². The van der Waals surface area contributed by atoms with Crippen LogP contribution in [0.2, 0.25) is 0 Å². The van der Waals surface area contributed by atoms with Gasteiger partial charge in [0.15, 0.2) is 0 Å². The van der Waals surface area contributed by atoms with Crippen LogP contribution in [0.5, 0.6) is 0 Å². The standard InChI is InChI=1S/C15H22N4O2/c1-11-7-8-19(9-13(11)16)10-14(20)17-18-15(21)12-5-3-2-4-6-12/h2-6,11,13H,7-10,16H2,1H3,(H,17,20)(H,18,21). The first-order valence-electron chi connectivity index (χ1n) is 7.18. The number of nitrogens with two attached hydrogens (primary N) is 1. The van der Waals surface area contributed by atoms with E-state index in [2.05, 4.69) is 17.8 Å². The van der Waals surface area contributed by atoms with Crippen molar-refractivity contribution in [3.05, 3.63) is 35.9 Å². The minimum absolute atomic E-state index is 0.102. The minimum Gasteiger partial charge on any atom is -0.326 e. The summed E-state index contributed by atoms with van der Waals surface area (Å²) in [5.41, 5.74) is 11.4. The number of hydrogen-bond donors (Lipinski definition) is 3. The van der Waals surface area contributed by atoms with Crippen molar-refractivity contribution in [3.8, 4) is 0 Å². The second kappa shape index (κ2) is 7.19. The predicted molar refractivity (Wildman–Crippen MR) is 80.2 cm³/mol. The molecule has 0 radical (unpaired) electrons. The van der Waals surface area contributed by atoms with E-state index in [-0.39, 0.29) is 24.4 Å². The fraction of sp³-hybridized carbons (Fsp3) is 0.467. The van der Waals surface area contributed by atoms with E-state index in [0.29, 0.717) is 18.0 Å². The van der Waals surface area contributed by atoms with Crippen molar-refractivity contribution in [3.63, 3.8) is 0 Å². The van der Waals surface area contributed by atoms with Crippen molar-refractivity contribution >= 4 is 11.8 Å². The molecule has 0 saturated carbocycles. The Labute approximate surface area is 124 Å². The number of carbonyl (C=O) groups excluding carboxylic acids is 2. The summed E-state index contributed by atoms with van der Waals surface area (Å²) in [5.74, 6) is -0.0731. The first-order valence-corrected chi connectivity index (χ1v) is 7.18. The Morgan fingerprint density at radius 2 is 2.00 bits per heavy atom. The van der Waals surface area contributed by atoms with Crippen molar-refractivity contribution in [1.82, 2.24) is 15.8 Å². The fourth-order valence-electron chi connectivity index (χ4n) is 2.34. The summed E-state index contributed by atoms with van der Waals surface area (Å²) in [5, 5.41) is 0. The molecule has 1 aromatic rings. The average Bonchev–Trinajstić information content (AvgIpc) is 2.49. The normalized spacial score (nSPS) is 22.6. The number of piperidine rings is 1. The molecular formula is C15H22N4O2. The van der Waals surface area contributed by atoms with Crippen LogP contribution in [-0.4, -0.2) is 42.4 Å². The Morgan fingerprint density at radius 3 is 2.67 bits per heavy atom. The quantitative estimate of drug-likeness (QED) is 0.690. The van der Waals surface area contributed by atoms with E-state index in [4.69, 9.17) is 5.73 Å². The summed E-state index contributed by atoms with van der Waals surface area (Å²) in [4.78, 5) is 25.6. The van der Waals surface area contributed by atoms with Gasteiger partial charge in [-0.3, -0.25) is 25.3 Å². The second-order valence-corrected chi connectivity index (χ2v) is 5.53. The SMILES string of the molecule is CC1CCN(CC(=O)NNC(=O)c2ccccc2)CC1N. The zero-order chi connectivity index (χ0) is 15.2. The molecule has 2 unspecified atom stereocenters. The lowest BCUT2D eigenvalue weighted by molar-refractivity contribution is -0.123. The van der Waals surface area contributed by atoms with Gasteiger partial charge in [-0.1, -0.05) is 25.1 Å². The van der Waals surface area contributed by atoms with Gasteiger partial charge in [0.1, 0.15) is 0 Å². The largest absolute Gasteiger partial charge is 0.326 e. The third kappa shape index (κ3) is 4.54. The van der Waals surface area contributed by atoms with Gasteiger partial charge in [-0.2, -0.15) is 0 Å². The van der Waals surface area contributed by atoms with E-state index >= 15 is 0 Å². The number of benzene rings is 1. The van der Waals surface area contributed by atoms with Crippen LogP contribution < -0.4 is 16.6 Å². The van der Waals surface area contributed by atoms with Gasteiger partial charge in [0, 0.05) is 18.2 Å². The number of hydrogen-bond acceptors (Lipinski definition) is 4. The Morgan fingerprint density at radius 1 is 1.29 bits per heavy atom. The minimum atomic E-state index is -0.326. The van der Waals surface area contributed by atoms with Crippen LogP contribution >= 0.6 is 0 Å². The molecule has 2 amide bonds. The van der Waals surface area contributed by atoms with Gasteiger partial charge < -0.3 is 5.73 Å². The van der Waals surface area contributed by atoms with Gasteiger partial charge in [-0.25, -0.2) is 0 Å². The van der Waals surface area contributed by atoms with Gasteiger partial charge in [0.2, 0.25) is 0 Å². The number of likely N-dealkylation sites (tertiary alicyclic amines) is 1. The highest BCUT2D eigenvalue weighted by Gasteiger charge is 2.24. The zero-order valence-corrected chi connectivity index (χ0v) is 12.2. The lowest BCUT2D eigenvalue weighted by Gasteiger charge is -2.34. The van der Waals surface area contributed by atoms with Crippen LogP contribution in [0, 0.1) is 5.92 Å². The summed E-state index contributed by atoms with van der Waals surface area (Å²) in [7, 11) is 0. The lowest BCUT2D eigenvalue weighted by atomic mass is 9.94. The zero-order valence-electron chi connectivity index (χ0n) is 12.2. The molecule has 6 nitrogen and oxygen atoms in total. The molecule has 21 heavy (non-hydrogen) atoms. The van der Waals surface area contributed by atoms with Gasteiger partial charge >= 0.3 is 0 Å². The van der Waals surface area contributed by atoms with E-state index in [0.717, 1.165) is 13.0 Å². The van der Waals surface area contributed by atoms with E-state index in [1.54, 1.807) is 24.3 Å². The number of nitrogens with one attached hydrogen (secondary N) is 2. The number of carbonyl (C=O) groups is 2. The topological polar surface area (TPSA) is 87.5 Å². The van der Waals surface area contributed by atoms with Gasteiger partial charge in [-0.05, 0) is 31.0 Å². The Bertz CT molecular complexity index is 492. The summed E-state index contributed by atoms with van der Waals surface area (Å²) in [6.07, 6.45) is 0.991. The predicted octanol–water partition coefficient (Wildman–Crippen LogP) is 0.117. The Balaban J connectivity index is 1.74. The number of amides is 2. The number of rotatable bonds is 3. The molecule has 2 atom stereocenters. The molecule has 1 aliphatic rings. The smallest absolute Gasteiger partial charge is 0.269 e. The van der Waals surface area contributed by atoms with Crippen LogP contribution in [0.4, 0.5) is 0 Å². The molecule has 2 rings (SSSR count). The molecule has 114 valence electrons. The lowest BCUT2D eigenvalue weighted by Crippen LogP contribution is -2.52. The maximum absolute atomic E-state index is 11.8. The molecule has 1 heterocycles. The van der Waals surface area contributed by atoms with Crippen LogP contribution in [0.1, 0.15) is 23.7 Å². The van der Waals surface area contributed by atoms with Crippen molar-refractivity contribution in [1.29, 1.82) is 0 Å². The molecule has 6 heteroatoms. The van der Waals surface area contributed by atoms with Crippen LogP contribution in [0.25, 0.3) is 0 Å². The Hall–Kier alpha value is -1.92. The molecule has 4 N–H and O–H groups in total. The monoisotopic (exact) mass is 290 g/mol. The van der Waals surface area contributed by atoms with Gasteiger partial charge in [0.05, 0.1) is 6.54 Å². The first-order chi connectivity index (χ1) is 10.1. The van der Waals surface area contributed by atoms with E-state index in [1.165, 1.54) is 0 Å². The first kappa shape index (κ1) is 15.5. The third-order valence-corrected chi connectivity index (χ3v) is 3.82. The van der Waals surface area contributed by atoms with Crippen LogP contribution in [0.15, 0.2) is 30.3 Å². The van der Waals surface area contributed by atoms with E-state index in [9.17, 15) is 9.59 Å². The Kier molecular flexibility index (Phi) is 5.30. The summed E-state index contributed by atoms with van der Waals surface area (Å²) in [6.45, 7) is 3.94. The average molecular weight is 290 g/mol. The van der Waals surface area contributed by atoms with E-state index in [1.807, 2.05) is 11.0 Å². The highest BCUT2D eigenvalue weighted by atomic mass is 16.2. The highest BCUT2D eigenvalue weighted by molar-refractivity contribution is 5.95. The molecule has 1 fully saturated rings. The third-order valence-electron chi connectivity index (χ3n) is 3.82. The highest BCUT2D eigenvalue weighted by Crippen LogP contribution is 2.14. The molecule has 1 aromatic carbocycles. The van der Waals surface area contributed by atoms with Crippen molar-refractivity contribution in [2.75, 3.05) is 19.6 Å². The molecule has 0 bridgehead atoms. The number of hydrazine groups is 1. The molecule has 0 aliphatic carbocycles. The maximum Gasteiger partial charge on any atom is 0.269 e. The van der Waals surface area contributed by atoms with Crippen molar-refractivity contribution in [2.24, 2.45) is 11.7 Å². The van der Waals surface area contributed by atoms with Crippen LogP contribution in [-0.2, 0) is 4.79 Å². The molecule has 1 aliphatic heterocycles. The van der Waals surface area contributed by atoms with Gasteiger partial charge in [-0.15, -0.1) is 0 Å². The fourth-order valence-corrected chi connectivity index (χ4v) is 2.34. The summed E-state index contributed by atoms with van der Waals surface area (Å²) in [6, 6.07) is 8.85. The second-order valence-electron chi connectivity index (χ2n) is 5.53. The summed E-state index contributed by atoms with van der Waals surface area (Å²) >= 11 is 0. The number of nitrogens with zero attached hydrogens (tertiary/aromatic N) is 1. The van der Waals surface area contributed by atoms with E-state index < -0.39 is 0 Å². The maximum atomic E-state index is 11.8. The molecular weight excluding hydrogens is 268 g/mol. The molecule has 0 aromatic heterocycles. The van der Waals surface area contributed by atoms with Crippen molar-refractivity contribution < 1.29 is 9.59 Å².